The number of hydrogen-bond donors (Lipinski definition) is 2. The molecule has 1 aromatic carbocycles. The largest absolute Gasteiger partial charge is 0.383 e. The highest BCUT2D eigenvalue weighted by Gasteiger charge is 2.08. The fourth-order valence-corrected chi connectivity index (χ4v) is 4.26. The molecule has 8 heteroatoms. The van der Waals surface area contributed by atoms with Gasteiger partial charge in [0.05, 0.1) is 11.3 Å². The molecule has 4 aromatic heterocycles. The summed E-state index contributed by atoms with van der Waals surface area (Å²) >= 11 is 0. The van der Waals surface area contributed by atoms with Crippen LogP contribution < -0.4 is 11.1 Å². The van der Waals surface area contributed by atoms with Crippen LogP contribution >= 0.6 is 0 Å². The van der Waals surface area contributed by atoms with Crippen molar-refractivity contribution in [2.75, 3.05) is 11.1 Å². The van der Waals surface area contributed by atoms with E-state index in [1.807, 2.05) is 54.6 Å². The van der Waals surface area contributed by atoms with Crippen LogP contribution in [0.15, 0.2) is 91.9 Å². The zero-order chi connectivity index (χ0) is 27.4. The normalized spacial score (nSPS) is 12.3. The molecule has 0 atom stereocenters. The van der Waals surface area contributed by atoms with E-state index in [4.69, 9.17) is 5.73 Å². The molecular weight excluding hydrogens is 496 g/mol. The quantitative estimate of drug-likeness (QED) is 0.257. The zero-order valence-corrected chi connectivity index (χ0v) is 22.2. The molecule has 0 aliphatic heterocycles. The van der Waals surface area contributed by atoms with Crippen LogP contribution in [0.4, 0.5) is 17.5 Å². The van der Waals surface area contributed by atoms with Crippen molar-refractivity contribution in [1.29, 1.82) is 0 Å². The minimum Gasteiger partial charge on any atom is -0.383 e. The minimum absolute atomic E-state index is 0.357. The molecule has 0 amide bonds. The van der Waals surface area contributed by atoms with E-state index in [-0.39, 0.29) is 0 Å². The summed E-state index contributed by atoms with van der Waals surface area (Å²) in [4.78, 5) is 25.4. The van der Waals surface area contributed by atoms with Crippen LogP contribution in [0.2, 0.25) is 0 Å². The number of benzene rings is 1. The van der Waals surface area contributed by atoms with Crippen molar-refractivity contribution < 1.29 is 0 Å². The second-order valence-corrected chi connectivity index (χ2v) is 9.34. The van der Waals surface area contributed by atoms with Gasteiger partial charge >= 0.3 is 0 Å². The fourth-order valence-electron chi connectivity index (χ4n) is 4.26. The Kier molecular flexibility index (Phi) is 8.98. The Balaban J connectivity index is 0.000000477. The summed E-state index contributed by atoms with van der Waals surface area (Å²) in [5.41, 5.74) is 11.8. The fraction of sp³-hybridized carbons (Fsp3) is 0.188. The summed E-state index contributed by atoms with van der Waals surface area (Å²) in [6.45, 7) is 0. The lowest BCUT2D eigenvalue weighted by Crippen LogP contribution is -2.02. The van der Waals surface area contributed by atoms with E-state index < -0.39 is 0 Å². The summed E-state index contributed by atoms with van der Waals surface area (Å²) in [7, 11) is 0. The monoisotopic (exact) mass is 526 g/mol. The Labute approximate surface area is 234 Å². The minimum atomic E-state index is 0.357. The first-order valence-corrected chi connectivity index (χ1v) is 13.4. The standard InChI is InChI=1S/C26H18N8.C6H12/c27-25-23(24-3-1-2-11-31-24)16-32-26(34-25)33-21-7-4-18(5-8-21)6-9-22-13-19(10-12-30-22)20-14-28-17-29-15-20;1-2-4-6-5-3-1/h1-5,7-8,10-17H,(H3,27,32,33,34);1-6H2. The van der Waals surface area contributed by atoms with E-state index >= 15 is 0 Å². The van der Waals surface area contributed by atoms with Crippen LogP contribution in [0.5, 0.6) is 0 Å². The maximum absolute atomic E-state index is 6.11. The maximum atomic E-state index is 6.11. The van der Waals surface area contributed by atoms with Gasteiger partial charge in [-0.15, -0.1) is 0 Å². The molecule has 0 saturated heterocycles. The second kappa shape index (κ2) is 13.6. The molecule has 8 nitrogen and oxygen atoms in total. The van der Waals surface area contributed by atoms with Crippen LogP contribution in [0.1, 0.15) is 49.8 Å². The lowest BCUT2D eigenvalue weighted by Gasteiger charge is -2.08. The molecule has 4 heterocycles. The van der Waals surface area contributed by atoms with Gasteiger partial charge in [0.25, 0.3) is 0 Å². The predicted octanol–water partition coefficient (Wildman–Crippen LogP) is 6.46. The van der Waals surface area contributed by atoms with E-state index in [0.29, 0.717) is 23.0 Å². The van der Waals surface area contributed by atoms with Gasteiger partial charge in [-0.2, -0.15) is 4.98 Å². The summed E-state index contributed by atoms with van der Waals surface area (Å²) < 4.78 is 0. The van der Waals surface area contributed by atoms with E-state index in [1.165, 1.54) is 44.9 Å². The molecule has 1 aliphatic carbocycles. The third kappa shape index (κ3) is 7.45. The van der Waals surface area contributed by atoms with Gasteiger partial charge < -0.3 is 11.1 Å². The van der Waals surface area contributed by atoms with Crippen LogP contribution in [-0.2, 0) is 0 Å². The Bertz CT molecular complexity index is 1560. The molecule has 0 bridgehead atoms. The number of nitrogens with zero attached hydrogens (tertiary/aromatic N) is 6. The van der Waals surface area contributed by atoms with E-state index in [1.54, 1.807) is 31.0 Å². The molecule has 6 rings (SSSR count). The maximum Gasteiger partial charge on any atom is 0.229 e. The lowest BCUT2D eigenvalue weighted by molar-refractivity contribution is 0.504. The molecule has 3 N–H and O–H groups in total. The number of rotatable bonds is 4. The molecule has 0 radical (unpaired) electrons. The van der Waals surface area contributed by atoms with Gasteiger partial charge in [-0.1, -0.05) is 50.5 Å². The van der Waals surface area contributed by atoms with Crippen LogP contribution in [0.3, 0.4) is 0 Å². The number of nitrogens with one attached hydrogen (secondary N) is 1. The molecular formula is C32H30N8. The lowest BCUT2D eigenvalue weighted by atomic mass is 10.0. The molecule has 40 heavy (non-hydrogen) atoms. The first-order valence-electron chi connectivity index (χ1n) is 13.4. The highest BCUT2D eigenvalue weighted by atomic mass is 15.1. The van der Waals surface area contributed by atoms with Gasteiger partial charge in [0.1, 0.15) is 17.8 Å². The van der Waals surface area contributed by atoms with E-state index in [9.17, 15) is 0 Å². The second-order valence-electron chi connectivity index (χ2n) is 9.34. The van der Waals surface area contributed by atoms with Gasteiger partial charge in [0.15, 0.2) is 0 Å². The zero-order valence-electron chi connectivity index (χ0n) is 22.2. The average Bonchev–Trinajstić information content (AvgIpc) is 3.03. The van der Waals surface area contributed by atoms with Crippen LogP contribution in [0, 0.1) is 11.8 Å². The molecule has 5 aromatic rings. The SMILES string of the molecule is C1CCCCC1.Nc1nc(Nc2ccc(C#Cc3cc(-c4cncnc4)ccn3)cc2)ncc1-c1ccccn1. The summed E-state index contributed by atoms with van der Waals surface area (Å²) in [5.74, 6) is 7.00. The summed E-state index contributed by atoms with van der Waals surface area (Å²) in [6, 6.07) is 17.1. The molecule has 0 unspecified atom stereocenters. The van der Waals surface area contributed by atoms with Crippen LogP contribution in [-0.4, -0.2) is 29.9 Å². The first kappa shape index (κ1) is 26.4. The number of nitrogen functional groups attached to an aromatic ring is 1. The Morgan fingerprint density at radius 2 is 1.45 bits per heavy atom. The van der Waals surface area contributed by atoms with Gasteiger partial charge in [-0.25, -0.2) is 19.9 Å². The summed E-state index contributed by atoms with van der Waals surface area (Å²) in [5, 5.41) is 3.16. The third-order valence-corrected chi connectivity index (χ3v) is 6.39. The van der Waals surface area contributed by atoms with Gasteiger partial charge in [-0.05, 0) is 60.0 Å². The van der Waals surface area contributed by atoms with Crippen molar-refractivity contribution in [2.24, 2.45) is 0 Å². The highest BCUT2D eigenvalue weighted by molar-refractivity contribution is 5.71. The Hall–Kier alpha value is -5.16. The molecule has 0 spiro atoms. The Morgan fingerprint density at radius 1 is 0.700 bits per heavy atom. The van der Waals surface area contributed by atoms with Crippen molar-refractivity contribution in [3.63, 3.8) is 0 Å². The molecule has 1 saturated carbocycles. The van der Waals surface area contributed by atoms with Crippen molar-refractivity contribution in [1.82, 2.24) is 29.9 Å². The van der Waals surface area contributed by atoms with Crippen LogP contribution in [0.25, 0.3) is 22.4 Å². The number of aromatic nitrogens is 6. The number of pyridine rings is 2. The van der Waals surface area contributed by atoms with Crippen molar-refractivity contribution in [2.45, 2.75) is 38.5 Å². The van der Waals surface area contributed by atoms with Crippen molar-refractivity contribution >= 4 is 17.5 Å². The predicted molar refractivity (Wildman–Crippen MR) is 158 cm³/mol. The smallest absolute Gasteiger partial charge is 0.229 e. The van der Waals surface area contributed by atoms with E-state index in [2.05, 4.69) is 47.1 Å². The van der Waals surface area contributed by atoms with Crippen molar-refractivity contribution in [3.8, 4) is 34.2 Å². The van der Waals surface area contributed by atoms with Crippen molar-refractivity contribution in [3.05, 3.63) is 103 Å². The topological polar surface area (TPSA) is 115 Å². The molecule has 1 fully saturated rings. The third-order valence-electron chi connectivity index (χ3n) is 6.39. The Morgan fingerprint density at radius 3 is 2.12 bits per heavy atom. The molecule has 1 aliphatic rings. The number of hydrogen-bond acceptors (Lipinski definition) is 8. The first-order chi connectivity index (χ1) is 19.7. The molecule has 198 valence electrons. The van der Waals surface area contributed by atoms with Gasteiger partial charge in [-0.3, -0.25) is 4.98 Å². The highest BCUT2D eigenvalue weighted by Crippen LogP contribution is 2.23. The van der Waals surface area contributed by atoms with E-state index in [0.717, 1.165) is 28.1 Å². The average molecular weight is 527 g/mol. The van der Waals surface area contributed by atoms with Gasteiger partial charge in [0.2, 0.25) is 5.95 Å². The number of nitrogens with two attached hydrogens (primary N) is 1. The summed E-state index contributed by atoms with van der Waals surface area (Å²) in [6.07, 6.45) is 19.1. The van der Waals surface area contributed by atoms with Gasteiger partial charge in [0, 0.05) is 47.8 Å². The number of anilines is 3.